The van der Waals surface area contributed by atoms with Gasteiger partial charge in [0.1, 0.15) is 0 Å². The smallest absolute Gasteiger partial charge is 0.334 e. The monoisotopic (exact) mass is 417 g/mol. The van der Waals surface area contributed by atoms with Gasteiger partial charge in [-0.05, 0) is 25.3 Å². The first kappa shape index (κ1) is 21.2. The van der Waals surface area contributed by atoms with Gasteiger partial charge in [-0.1, -0.05) is 13.8 Å². The quantitative estimate of drug-likeness (QED) is 0.285. The number of hydrogen-bond donors (Lipinski definition) is 2. The number of likely N-dealkylation sites (tertiary alicyclic amines) is 1. The van der Waals surface area contributed by atoms with E-state index in [1.54, 1.807) is 0 Å². The maximum Gasteiger partial charge on any atom is 0.334 e. The molecule has 2 fully saturated rings. The zero-order valence-corrected chi connectivity index (χ0v) is 17.0. The van der Waals surface area contributed by atoms with E-state index in [0.717, 1.165) is 6.42 Å². The van der Waals surface area contributed by atoms with E-state index in [2.05, 4.69) is 10.6 Å². The summed E-state index contributed by atoms with van der Waals surface area (Å²) in [7, 11) is 0. The number of nitrogens with one attached hydrogen (secondary N) is 2. The summed E-state index contributed by atoms with van der Waals surface area (Å²) in [4.78, 5) is 65.3. The number of nitrogens with zero attached hydrogens (tertiary/aromatic N) is 2. The highest BCUT2D eigenvalue weighted by Crippen LogP contribution is 2.18. The predicted molar refractivity (Wildman–Crippen MR) is 102 cm³/mol. The molecule has 162 valence electrons. The summed E-state index contributed by atoms with van der Waals surface area (Å²) in [5, 5.41) is 5.63. The Labute approximate surface area is 171 Å². The third-order valence-corrected chi connectivity index (χ3v) is 4.56. The lowest BCUT2D eigenvalue weighted by Gasteiger charge is -2.25. The van der Waals surface area contributed by atoms with E-state index in [1.165, 1.54) is 0 Å². The molecule has 1 atom stereocenters. The number of hydrogen-bond acceptors (Lipinski definition) is 7. The first-order valence-electron chi connectivity index (χ1n) is 10.5. The maximum atomic E-state index is 12.5. The minimum atomic E-state index is -1.30. The van der Waals surface area contributed by atoms with Crippen LogP contribution in [0.2, 0.25) is 0 Å². The molecule has 10 heteroatoms. The van der Waals surface area contributed by atoms with Gasteiger partial charge >= 0.3 is 5.97 Å². The van der Waals surface area contributed by atoms with Crippen LogP contribution in [0.15, 0.2) is 0 Å². The SMILES string of the molecule is [2H]C1(C(=O)[15NH][13CH2][13CH2][13C](=O)[15NH]CC[13C](=O)ON2C(=O)CCC2=O)CCCN1CC(C)C. The Morgan fingerprint density at radius 1 is 1.14 bits per heavy atom. The average Bonchev–Trinajstić information content (AvgIpc) is 3.19. The molecule has 2 N–H and O–H groups in total. The summed E-state index contributed by atoms with van der Waals surface area (Å²) in [6, 6.07) is -1.30. The van der Waals surface area contributed by atoms with E-state index in [9.17, 15) is 24.0 Å². The molecule has 0 aliphatic carbocycles. The Balaban J connectivity index is 1.64. The molecule has 10 nitrogen and oxygen atoms in total. The Bertz CT molecular complexity index is 685. The van der Waals surface area contributed by atoms with Crippen molar-refractivity contribution in [3.8, 4) is 0 Å². The highest BCUT2D eigenvalue weighted by Gasteiger charge is 2.33. The third kappa shape index (κ3) is 7.12. The van der Waals surface area contributed by atoms with Crippen LogP contribution in [0.25, 0.3) is 0 Å². The molecule has 0 aromatic carbocycles. The van der Waals surface area contributed by atoms with Gasteiger partial charge in [0.25, 0.3) is 11.8 Å². The lowest BCUT2D eigenvalue weighted by molar-refractivity contribution is -0.197. The van der Waals surface area contributed by atoms with Crippen molar-refractivity contribution in [2.45, 2.75) is 58.4 Å². The fraction of sp³-hybridized carbons (Fsp3) is 0.737. The lowest BCUT2D eigenvalue weighted by Crippen LogP contribution is -2.45. The Kier molecular flexibility index (Phi) is 7.97. The van der Waals surface area contributed by atoms with Crippen molar-refractivity contribution in [1.82, 2.24) is 20.6 Å². The number of hydroxylamine groups is 2. The van der Waals surface area contributed by atoms with Crippen LogP contribution in [0.5, 0.6) is 0 Å². The predicted octanol–water partition coefficient (Wildman–Crippen LogP) is -0.273. The van der Waals surface area contributed by atoms with Gasteiger partial charge in [-0.15, -0.1) is 5.06 Å². The molecule has 2 aliphatic rings. The van der Waals surface area contributed by atoms with E-state index >= 15 is 0 Å². The van der Waals surface area contributed by atoms with Crippen LogP contribution in [0, 0.1) is 5.92 Å². The second-order valence-electron chi connectivity index (χ2n) is 7.54. The van der Waals surface area contributed by atoms with E-state index in [4.69, 9.17) is 6.21 Å². The van der Waals surface area contributed by atoms with Crippen molar-refractivity contribution < 1.29 is 30.2 Å². The fourth-order valence-corrected chi connectivity index (χ4v) is 3.22. The topological polar surface area (TPSA) is 125 Å². The van der Waals surface area contributed by atoms with Crippen molar-refractivity contribution in [1.29, 1.82) is 0 Å². The van der Waals surface area contributed by atoms with Crippen molar-refractivity contribution in [3.63, 3.8) is 0 Å². The zero-order valence-electron chi connectivity index (χ0n) is 18.0. The Morgan fingerprint density at radius 2 is 1.79 bits per heavy atom. The highest BCUT2D eigenvalue weighted by molar-refractivity contribution is 6.01. The van der Waals surface area contributed by atoms with Crippen LogP contribution >= 0.6 is 0 Å². The van der Waals surface area contributed by atoms with E-state index in [-0.39, 0.29) is 44.7 Å². The molecule has 0 aromatic rings. The van der Waals surface area contributed by atoms with Crippen LogP contribution in [0.1, 0.15) is 53.7 Å². The van der Waals surface area contributed by atoms with Gasteiger partial charge in [-0.25, -0.2) is 4.79 Å². The Morgan fingerprint density at radius 3 is 2.45 bits per heavy atom. The third-order valence-electron chi connectivity index (χ3n) is 4.56. The van der Waals surface area contributed by atoms with Crippen LogP contribution in [0.3, 0.4) is 0 Å². The van der Waals surface area contributed by atoms with Crippen molar-refractivity contribution in [3.05, 3.63) is 0 Å². The molecule has 2 rings (SSSR count). The summed E-state index contributed by atoms with van der Waals surface area (Å²) in [5.41, 5.74) is 0. The zero-order chi connectivity index (χ0) is 22.3. The fourth-order valence-electron chi connectivity index (χ4n) is 3.22. The lowest BCUT2D eigenvalue weighted by atomic mass is 10.1. The minimum absolute atomic E-state index is 0.00411. The maximum absolute atomic E-state index is 12.5. The number of carbonyl (C=O) groups is 5. The first-order valence-corrected chi connectivity index (χ1v) is 10.00. The highest BCUT2D eigenvalue weighted by atomic mass is 16.8. The van der Waals surface area contributed by atoms with E-state index < -0.39 is 29.7 Å². The number of imide groups is 1. The van der Waals surface area contributed by atoms with Crippen molar-refractivity contribution in [2.24, 2.45) is 5.92 Å². The normalized spacial score (nSPS) is 22.7. The molecule has 2 saturated heterocycles. The number of rotatable bonds is 10. The van der Waals surface area contributed by atoms with Gasteiger partial charge < -0.3 is 15.5 Å². The molecule has 29 heavy (non-hydrogen) atoms. The molecular formula is C19H30N4O6. The summed E-state index contributed by atoms with van der Waals surface area (Å²) in [6.45, 7) is 5.52. The molecule has 0 spiro atoms. The summed E-state index contributed by atoms with van der Waals surface area (Å²) < 4.78 is 8.51. The summed E-state index contributed by atoms with van der Waals surface area (Å²) in [6.07, 6.45) is 1.09. The molecule has 0 aromatic heterocycles. The van der Waals surface area contributed by atoms with Gasteiger partial charge in [-0.3, -0.25) is 24.1 Å². The van der Waals surface area contributed by atoms with E-state index in [1.807, 2.05) is 18.7 Å². The largest absolute Gasteiger partial charge is 0.355 e. The van der Waals surface area contributed by atoms with Crippen LogP contribution in [-0.4, -0.2) is 71.8 Å². The van der Waals surface area contributed by atoms with Gasteiger partial charge in [-0.2, -0.15) is 0 Å². The van der Waals surface area contributed by atoms with Gasteiger partial charge in [0.15, 0.2) is 0 Å². The molecule has 0 bridgehead atoms. The summed E-state index contributed by atoms with van der Waals surface area (Å²) >= 11 is 0. The second-order valence-corrected chi connectivity index (χ2v) is 7.54. The molecule has 4 amide bonds. The van der Waals surface area contributed by atoms with Gasteiger partial charge in [0.05, 0.1) is 13.8 Å². The molecule has 2 heterocycles. The molecule has 1 unspecified atom stereocenters. The van der Waals surface area contributed by atoms with Crippen molar-refractivity contribution >= 4 is 29.6 Å². The van der Waals surface area contributed by atoms with Crippen molar-refractivity contribution in [2.75, 3.05) is 26.2 Å². The van der Waals surface area contributed by atoms with E-state index in [0.29, 0.717) is 30.5 Å². The standard InChI is InChI=1S/C19H30N4O6/c1-13(2)12-22-11-3-4-14(22)19(28)21-9-7-15(24)20-10-8-18(27)29-23-16(25)5-6-17(23)26/h13-14H,3-12H2,1-2H3,(H,20,24)(H,21,28)/i7+1,9+1,14D,15+1,18+1,20+1,21+1. The Hall–Kier alpha value is -2.49. The molecule has 0 radical (unpaired) electrons. The molecule has 2 aliphatic heterocycles. The molecule has 0 saturated carbocycles. The van der Waals surface area contributed by atoms with Crippen LogP contribution < -0.4 is 10.6 Å². The average molecular weight is 417 g/mol. The van der Waals surface area contributed by atoms with Crippen LogP contribution in [0.4, 0.5) is 0 Å². The number of carbonyl (C=O) groups excluding carboxylic acids is 5. The molecular weight excluding hydrogens is 386 g/mol. The van der Waals surface area contributed by atoms with Crippen LogP contribution in [-0.2, 0) is 28.8 Å². The first-order chi connectivity index (χ1) is 14.1. The summed E-state index contributed by atoms with van der Waals surface area (Å²) in [5.74, 6) is -2.35. The second kappa shape index (κ2) is 10.9. The van der Waals surface area contributed by atoms with Gasteiger partial charge in [0, 0.05) is 38.9 Å². The number of amides is 4. The van der Waals surface area contributed by atoms with Gasteiger partial charge in [0.2, 0.25) is 11.8 Å². The minimum Gasteiger partial charge on any atom is -0.355 e.